The molecule has 5 nitrogen and oxygen atoms in total. The number of nitrogens with one attached hydrogen (secondary N) is 2. The molecule has 0 fully saturated rings. The Morgan fingerprint density at radius 2 is 2.13 bits per heavy atom. The topological polar surface area (TPSA) is 72.5 Å². The quantitative estimate of drug-likeness (QED) is 0.480. The number of ether oxygens (including phenoxy) is 1. The van der Waals surface area contributed by atoms with Crippen LogP contribution in [0, 0.1) is 10.8 Å². The number of hydrazone groups is 1. The van der Waals surface area contributed by atoms with E-state index in [9.17, 15) is 0 Å². The van der Waals surface area contributed by atoms with E-state index in [2.05, 4.69) is 5.10 Å². The highest BCUT2D eigenvalue weighted by Gasteiger charge is 2.24. The fourth-order valence-corrected chi connectivity index (χ4v) is 3.04. The molecule has 0 bridgehead atoms. The van der Waals surface area contributed by atoms with E-state index < -0.39 is 0 Å². The summed E-state index contributed by atoms with van der Waals surface area (Å²) in [6.07, 6.45) is 2.46. The summed E-state index contributed by atoms with van der Waals surface area (Å²) < 4.78 is 5.16. The molecule has 1 aliphatic heterocycles. The molecule has 0 saturated heterocycles. The van der Waals surface area contributed by atoms with E-state index in [1.807, 2.05) is 31.2 Å². The molecule has 2 rings (SSSR count). The van der Waals surface area contributed by atoms with E-state index in [-0.39, 0.29) is 11.0 Å². The van der Waals surface area contributed by atoms with Gasteiger partial charge >= 0.3 is 0 Å². The SMILES string of the molecule is CC/C(=C\CCl)C(=N)N1N=C(c2ccc(OC)cc2)CSC1=N. The Labute approximate surface area is 145 Å². The first-order valence-corrected chi connectivity index (χ1v) is 8.70. The number of allylic oxidation sites excluding steroid dienone is 1. The van der Waals surface area contributed by atoms with E-state index in [0.29, 0.717) is 18.1 Å². The summed E-state index contributed by atoms with van der Waals surface area (Å²) in [5.74, 6) is 1.94. The number of halogens is 1. The zero-order valence-corrected chi connectivity index (χ0v) is 14.7. The number of hydrogen-bond acceptors (Lipinski definition) is 5. The second-order valence-electron chi connectivity index (χ2n) is 4.77. The molecule has 0 spiro atoms. The van der Waals surface area contributed by atoms with E-state index in [1.165, 1.54) is 16.8 Å². The molecule has 1 aliphatic rings. The van der Waals surface area contributed by atoms with Crippen LogP contribution in [0.4, 0.5) is 0 Å². The van der Waals surface area contributed by atoms with Gasteiger partial charge in [-0.15, -0.1) is 11.6 Å². The summed E-state index contributed by atoms with van der Waals surface area (Å²) in [5, 5.41) is 22.5. The lowest BCUT2D eigenvalue weighted by Gasteiger charge is -2.26. The molecule has 0 radical (unpaired) electrons. The molecule has 0 unspecified atom stereocenters. The lowest BCUT2D eigenvalue weighted by atomic mass is 10.1. The highest BCUT2D eigenvalue weighted by atomic mass is 35.5. The van der Waals surface area contributed by atoms with Gasteiger partial charge in [0.1, 0.15) is 5.75 Å². The standard InChI is InChI=1S/C16H19ClN4OS/c1-3-11(8-9-17)15(18)21-16(19)23-10-14(20-21)12-4-6-13(22-2)7-5-12/h4-8,18-19H,3,9-10H2,1-2H3/b11-8+,18-15?,19-16?. The van der Waals surface area contributed by atoms with Crippen molar-refractivity contribution < 1.29 is 4.74 Å². The average Bonchev–Trinajstić information content (AvgIpc) is 2.59. The molecule has 1 aromatic carbocycles. The van der Waals surface area contributed by atoms with Gasteiger partial charge in [-0.25, -0.2) is 0 Å². The summed E-state index contributed by atoms with van der Waals surface area (Å²) >= 11 is 7.11. The van der Waals surface area contributed by atoms with Gasteiger partial charge in [0.25, 0.3) is 0 Å². The maximum absolute atomic E-state index is 8.31. The van der Waals surface area contributed by atoms with Gasteiger partial charge in [-0.2, -0.15) is 10.1 Å². The minimum atomic E-state index is 0.205. The third kappa shape index (κ3) is 4.14. The van der Waals surface area contributed by atoms with Crippen molar-refractivity contribution in [2.24, 2.45) is 5.10 Å². The number of amidine groups is 2. The largest absolute Gasteiger partial charge is 0.497 e. The molecule has 0 aliphatic carbocycles. The maximum atomic E-state index is 8.31. The van der Waals surface area contributed by atoms with E-state index >= 15 is 0 Å². The van der Waals surface area contributed by atoms with Crippen LogP contribution < -0.4 is 4.74 Å². The summed E-state index contributed by atoms with van der Waals surface area (Å²) in [6, 6.07) is 7.63. The van der Waals surface area contributed by atoms with Crippen LogP contribution in [0.2, 0.25) is 0 Å². The van der Waals surface area contributed by atoms with Gasteiger partial charge in [-0.1, -0.05) is 24.8 Å². The number of rotatable bonds is 5. The number of hydrogen-bond donors (Lipinski definition) is 2. The smallest absolute Gasteiger partial charge is 0.183 e. The summed E-state index contributed by atoms with van der Waals surface area (Å²) in [5.41, 5.74) is 2.58. The molecule has 1 aromatic rings. The molecule has 0 amide bonds. The first-order chi connectivity index (χ1) is 11.1. The van der Waals surface area contributed by atoms with Gasteiger partial charge in [-0.05, 0) is 41.8 Å². The fraction of sp³-hybridized carbons (Fsp3) is 0.312. The molecule has 1 heterocycles. The minimum absolute atomic E-state index is 0.205. The van der Waals surface area contributed by atoms with Crippen LogP contribution in [0.15, 0.2) is 41.0 Å². The van der Waals surface area contributed by atoms with Crippen LogP contribution in [0.3, 0.4) is 0 Å². The monoisotopic (exact) mass is 350 g/mol. The summed E-state index contributed by atoms with van der Waals surface area (Å²) in [4.78, 5) is 0. The number of nitrogens with zero attached hydrogens (tertiary/aromatic N) is 2. The Morgan fingerprint density at radius 1 is 1.43 bits per heavy atom. The Hall–Kier alpha value is -1.79. The molecular formula is C16H19ClN4OS. The van der Waals surface area contributed by atoms with Crippen LogP contribution >= 0.6 is 23.4 Å². The Kier molecular flexibility index (Phi) is 6.24. The van der Waals surface area contributed by atoms with Gasteiger partial charge in [0.05, 0.1) is 12.8 Å². The van der Waals surface area contributed by atoms with Gasteiger partial charge in [0, 0.05) is 11.6 Å². The zero-order valence-electron chi connectivity index (χ0n) is 13.1. The lowest BCUT2D eigenvalue weighted by molar-refractivity contribution is 0.415. The Bertz CT molecular complexity index is 655. The van der Waals surface area contributed by atoms with Crippen molar-refractivity contribution in [3.63, 3.8) is 0 Å². The molecular weight excluding hydrogens is 332 g/mol. The summed E-state index contributed by atoms with van der Waals surface area (Å²) in [6.45, 7) is 1.96. The van der Waals surface area contributed by atoms with E-state index in [4.69, 9.17) is 27.2 Å². The van der Waals surface area contributed by atoms with E-state index in [0.717, 1.165) is 22.6 Å². The van der Waals surface area contributed by atoms with Gasteiger partial charge in [-0.3, -0.25) is 10.8 Å². The molecule has 2 N–H and O–H groups in total. The maximum Gasteiger partial charge on any atom is 0.183 e. The second-order valence-corrected chi connectivity index (χ2v) is 6.04. The Morgan fingerprint density at radius 3 is 2.70 bits per heavy atom. The third-order valence-electron chi connectivity index (χ3n) is 3.40. The van der Waals surface area contributed by atoms with Gasteiger partial charge < -0.3 is 4.74 Å². The van der Waals surface area contributed by atoms with Gasteiger partial charge in [0.2, 0.25) is 0 Å². The van der Waals surface area contributed by atoms with Crippen LogP contribution in [0.1, 0.15) is 18.9 Å². The van der Waals surface area contributed by atoms with Crippen LogP contribution in [0.5, 0.6) is 5.75 Å². The predicted molar refractivity (Wildman–Crippen MR) is 98.4 cm³/mol. The third-order valence-corrected chi connectivity index (χ3v) is 4.42. The van der Waals surface area contributed by atoms with Crippen molar-refractivity contribution in [3.05, 3.63) is 41.5 Å². The molecule has 0 atom stereocenters. The van der Waals surface area contributed by atoms with Crippen LogP contribution in [-0.4, -0.2) is 40.5 Å². The fourth-order valence-electron chi connectivity index (χ4n) is 2.11. The number of benzene rings is 1. The second kappa shape index (κ2) is 8.17. The summed E-state index contributed by atoms with van der Waals surface area (Å²) in [7, 11) is 1.63. The Balaban J connectivity index is 2.30. The highest BCUT2D eigenvalue weighted by Crippen LogP contribution is 2.22. The number of methoxy groups -OCH3 is 1. The van der Waals surface area contributed by atoms with E-state index in [1.54, 1.807) is 13.2 Å². The van der Waals surface area contributed by atoms with Crippen molar-refractivity contribution in [2.75, 3.05) is 18.7 Å². The predicted octanol–water partition coefficient (Wildman–Crippen LogP) is 3.94. The molecule has 0 aromatic heterocycles. The minimum Gasteiger partial charge on any atom is -0.497 e. The van der Waals surface area contributed by atoms with Crippen molar-refractivity contribution >= 4 is 40.1 Å². The van der Waals surface area contributed by atoms with Crippen molar-refractivity contribution in [3.8, 4) is 5.75 Å². The zero-order chi connectivity index (χ0) is 16.8. The van der Waals surface area contributed by atoms with Crippen molar-refractivity contribution in [1.82, 2.24) is 5.01 Å². The van der Waals surface area contributed by atoms with Gasteiger partial charge in [0.15, 0.2) is 11.0 Å². The molecule has 0 saturated carbocycles. The molecule has 122 valence electrons. The number of alkyl halides is 1. The first-order valence-electron chi connectivity index (χ1n) is 7.18. The van der Waals surface area contributed by atoms with Crippen LogP contribution in [-0.2, 0) is 0 Å². The molecule has 7 heteroatoms. The average molecular weight is 351 g/mol. The normalized spacial score (nSPS) is 15.4. The van der Waals surface area contributed by atoms with Crippen LogP contribution in [0.25, 0.3) is 0 Å². The number of thioether (sulfide) groups is 1. The van der Waals surface area contributed by atoms with Crippen molar-refractivity contribution in [2.45, 2.75) is 13.3 Å². The highest BCUT2D eigenvalue weighted by molar-refractivity contribution is 8.14. The molecule has 23 heavy (non-hydrogen) atoms. The van der Waals surface area contributed by atoms with Crippen molar-refractivity contribution in [1.29, 1.82) is 10.8 Å². The lowest BCUT2D eigenvalue weighted by Crippen LogP contribution is -2.36. The first kappa shape index (κ1) is 17.6.